The molecule has 3 aliphatic heterocycles. The van der Waals surface area contributed by atoms with Gasteiger partial charge in [-0.2, -0.15) is 0 Å². The molecule has 314 valence electrons. The monoisotopic (exact) mass is 818 g/mol. The smallest absolute Gasteiger partial charge is 0.402 e. The van der Waals surface area contributed by atoms with Gasteiger partial charge in [-0.25, -0.2) is 0 Å². The van der Waals surface area contributed by atoms with E-state index < -0.39 is 7.12 Å². The number of aromatic amines is 1. The van der Waals surface area contributed by atoms with Crippen molar-refractivity contribution in [3.8, 4) is 0 Å². The van der Waals surface area contributed by atoms with Crippen LogP contribution >= 0.6 is 0 Å². The fourth-order valence-electron chi connectivity index (χ4n) is 11.1. The van der Waals surface area contributed by atoms with Gasteiger partial charge in [0.15, 0.2) is 0 Å². The Hall–Kier alpha value is -5.27. The van der Waals surface area contributed by atoms with Crippen molar-refractivity contribution in [2.24, 2.45) is 29.2 Å². The number of carbonyl (C=O) groups is 3. The van der Waals surface area contributed by atoms with E-state index >= 15 is 0 Å². The van der Waals surface area contributed by atoms with Crippen LogP contribution in [-0.2, 0) is 27.2 Å². The summed E-state index contributed by atoms with van der Waals surface area (Å²) in [7, 11) is -0.549. The van der Waals surface area contributed by atoms with E-state index in [-0.39, 0.29) is 47.7 Å². The number of fused-ring (bicyclic) bond motifs is 3. The van der Waals surface area contributed by atoms with Crippen LogP contribution in [0.15, 0.2) is 97.1 Å². The number of likely N-dealkylation sites (tertiary alicyclic amines) is 2. The Morgan fingerprint density at radius 2 is 1.33 bits per heavy atom. The molecule has 3 saturated heterocycles. The summed E-state index contributed by atoms with van der Waals surface area (Å²) in [6, 6.07) is 32.4. The van der Waals surface area contributed by atoms with E-state index in [0.29, 0.717) is 68.0 Å². The number of piperidine rings is 2. The number of H-pyrrole nitrogens is 1. The molecule has 11 nitrogen and oxygen atoms in total. The van der Waals surface area contributed by atoms with Gasteiger partial charge < -0.3 is 40.9 Å². The number of aromatic nitrogens is 1. The molecule has 61 heavy (non-hydrogen) atoms. The predicted octanol–water partition coefficient (Wildman–Crippen LogP) is 6.29. The maximum absolute atomic E-state index is 14.0. The summed E-state index contributed by atoms with van der Waals surface area (Å²) >= 11 is 0. The van der Waals surface area contributed by atoms with Crippen LogP contribution in [0.4, 0.5) is 5.69 Å². The number of hydrogen-bond donors (Lipinski definition) is 4. The fraction of sp³-hybridized carbons (Fsp3) is 0.408. The highest BCUT2D eigenvalue weighted by Gasteiger charge is 2.57. The zero-order chi connectivity index (χ0) is 41.6. The van der Waals surface area contributed by atoms with Crippen molar-refractivity contribution in [1.29, 1.82) is 0 Å². The molecule has 6 fully saturated rings. The van der Waals surface area contributed by atoms with Gasteiger partial charge in [0.25, 0.3) is 11.8 Å². The number of nitrogens with one attached hydrogen (secondary N) is 2. The second-order valence-electron chi connectivity index (χ2n) is 18.0. The molecule has 6 aliphatic rings. The minimum absolute atomic E-state index is 0.00543. The average Bonchev–Trinajstić information content (AvgIpc) is 3.98. The SMILES string of the molecule is NCc1cccc(C2CCN(C(=O)c3cccc(NC(=O)[C@H]4C[C@@H]5CC[C@H]4[C@H]4OB(c6ccc7cc(C(=O)N8CCC(c9cccc(CN)c9)CC8)[nH]c7c6)O[C@@H]54)c3)CC2)c1. The molecule has 4 aromatic carbocycles. The number of benzene rings is 4. The molecular weight excluding hydrogens is 763 g/mol. The molecule has 5 aromatic rings. The summed E-state index contributed by atoms with van der Waals surface area (Å²) < 4.78 is 13.3. The molecule has 2 bridgehead atoms. The highest BCUT2D eigenvalue weighted by molar-refractivity contribution is 6.62. The van der Waals surface area contributed by atoms with Gasteiger partial charge in [-0.05, 0) is 127 Å². The quantitative estimate of drug-likeness (QED) is 0.128. The van der Waals surface area contributed by atoms with E-state index in [2.05, 4.69) is 58.8 Å². The lowest BCUT2D eigenvalue weighted by Gasteiger charge is -2.48. The normalized spacial score (nSPS) is 24.3. The Bertz CT molecular complexity index is 2440. The van der Waals surface area contributed by atoms with Crippen LogP contribution in [-0.4, -0.2) is 78.0 Å². The highest BCUT2D eigenvalue weighted by atomic mass is 16.7. The van der Waals surface area contributed by atoms with Gasteiger partial charge in [0.1, 0.15) is 5.69 Å². The van der Waals surface area contributed by atoms with Crippen molar-refractivity contribution >= 4 is 46.9 Å². The second kappa shape index (κ2) is 16.9. The van der Waals surface area contributed by atoms with Gasteiger partial charge in [-0.15, -0.1) is 0 Å². The number of nitrogens with two attached hydrogens (primary N) is 2. The Morgan fingerprint density at radius 1 is 0.689 bits per heavy atom. The van der Waals surface area contributed by atoms with E-state index in [1.807, 2.05) is 58.3 Å². The third-order valence-corrected chi connectivity index (χ3v) is 14.5. The van der Waals surface area contributed by atoms with Crippen LogP contribution in [0.5, 0.6) is 0 Å². The first kappa shape index (κ1) is 39.8. The summed E-state index contributed by atoms with van der Waals surface area (Å²) in [5.74, 6) is 0.868. The zero-order valence-corrected chi connectivity index (χ0v) is 34.6. The van der Waals surface area contributed by atoms with Gasteiger partial charge in [0.05, 0.1) is 12.2 Å². The lowest BCUT2D eigenvalue weighted by Crippen LogP contribution is -2.53. The average molecular weight is 819 g/mol. The van der Waals surface area contributed by atoms with E-state index in [1.165, 1.54) is 11.1 Å². The number of amides is 3. The molecule has 1 aromatic heterocycles. The lowest BCUT2D eigenvalue weighted by molar-refractivity contribution is -0.132. The van der Waals surface area contributed by atoms with Gasteiger partial charge in [0.2, 0.25) is 5.91 Å². The molecule has 3 aliphatic carbocycles. The van der Waals surface area contributed by atoms with Crippen molar-refractivity contribution < 1.29 is 23.7 Å². The number of nitrogens with zero attached hydrogens (tertiary/aromatic N) is 2. The molecule has 4 heterocycles. The molecule has 11 rings (SSSR count). The lowest BCUT2D eigenvalue weighted by atomic mass is 9.61. The van der Waals surface area contributed by atoms with E-state index in [9.17, 15) is 14.4 Å². The summed E-state index contributed by atoms with van der Waals surface area (Å²) in [4.78, 5) is 48.6. The van der Waals surface area contributed by atoms with Crippen molar-refractivity contribution in [1.82, 2.24) is 14.8 Å². The maximum Gasteiger partial charge on any atom is 0.494 e. The summed E-state index contributed by atoms with van der Waals surface area (Å²) in [5.41, 5.74) is 20.2. The minimum Gasteiger partial charge on any atom is -0.402 e. The Morgan fingerprint density at radius 3 is 2.00 bits per heavy atom. The molecule has 12 heteroatoms. The summed E-state index contributed by atoms with van der Waals surface area (Å²) in [5, 5.41) is 4.14. The number of carbonyl (C=O) groups excluding carboxylic acids is 3. The predicted molar refractivity (Wildman–Crippen MR) is 237 cm³/mol. The third kappa shape index (κ3) is 7.91. The molecule has 6 N–H and O–H groups in total. The Kier molecular flexibility index (Phi) is 11.0. The summed E-state index contributed by atoms with van der Waals surface area (Å²) in [6.07, 6.45) is 6.07. The van der Waals surface area contributed by atoms with Crippen LogP contribution in [0.1, 0.15) is 99.9 Å². The molecule has 3 amide bonds. The standard InChI is InChI=1S/C49H55BN6O5/c51-28-30-4-1-6-34(22-30)32-14-18-55(19-15-32)48(58)38-8-3-9-40(24-38)53-47(57)42-25-37-11-13-41(42)46-45(37)60-50(61-46)39-12-10-36-26-44(54-43(36)27-39)49(59)56-20-16-33(17-21-56)35-7-2-5-31(23-35)29-52/h1-10,12,22-24,26-27,32-33,37,41-42,45-46,54H,11,13-21,25,28-29,51-52H2,(H,53,57)/t37-,41+,42-,45-,46+/m0/s1. The zero-order valence-electron chi connectivity index (χ0n) is 34.6. The van der Waals surface area contributed by atoms with E-state index in [1.54, 1.807) is 0 Å². The van der Waals surface area contributed by atoms with Crippen molar-refractivity contribution in [2.75, 3.05) is 31.5 Å². The van der Waals surface area contributed by atoms with Crippen LogP contribution in [0.3, 0.4) is 0 Å². The number of rotatable bonds is 9. The molecule has 0 unspecified atom stereocenters. The number of hydrogen-bond acceptors (Lipinski definition) is 7. The molecule has 3 saturated carbocycles. The summed E-state index contributed by atoms with van der Waals surface area (Å²) in [6.45, 7) is 3.86. The van der Waals surface area contributed by atoms with E-state index in [0.717, 1.165) is 72.4 Å². The Labute approximate surface area is 357 Å². The van der Waals surface area contributed by atoms with Gasteiger partial charge in [-0.1, -0.05) is 66.7 Å². The minimum atomic E-state index is -0.549. The first-order valence-corrected chi connectivity index (χ1v) is 22.3. The van der Waals surface area contributed by atoms with Crippen LogP contribution in [0.2, 0.25) is 0 Å². The van der Waals surface area contributed by atoms with Crippen molar-refractivity contribution in [3.05, 3.63) is 131 Å². The largest absolute Gasteiger partial charge is 0.494 e. The van der Waals surface area contributed by atoms with Gasteiger partial charge >= 0.3 is 7.12 Å². The molecule has 5 atom stereocenters. The first-order valence-electron chi connectivity index (χ1n) is 22.3. The van der Waals surface area contributed by atoms with E-state index in [4.69, 9.17) is 20.8 Å². The maximum atomic E-state index is 14.0. The van der Waals surface area contributed by atoms with Crippen LogP contribution in [0, 0.1) is 17.8 Å². The van der Waals surface area contributed by atoms with Crippen molar-refractivity contribution in [3.63, 3.8) is 0 Å². The van der Waals surface area contributed by atoms with Crippen LogP contribution < -0.4 is 22.2 Å². The second-order valence-corrected chi connectivity index (χ2v) is 18.0. The number of anilines is 1. The molecular formula is C49H55BN6O5. The highest BCUT2D eigenvalue weighted by Crippen LogP contribution is 2.50. The molecule has 0 spiro atoms. The Balaban J connectivity index is 0.750. The third-order valence-electron chi connectivity index (χ3n) is 14.5. The van der Waals surface area contributed by atoms with Crippen LogP contribution in [0.25, 0.3) is 10.9 Å². The fourth-order valence-corrected chi connectivity index (χ4v) is 11.1. The van der Waals surface area contributed by atoms with Gasteiger partial charge in [-0.3, -0.25) is 14.4 Å². The molecule has 0 radical (unpaired) electrons. The van der Waals surface area contributed by atoms with Gasteiger partial charge in [0, 0.05) is 67.3 Å². The first-order chi connectivity index (χ1) is 29.8. The van der Waals surface area contributed by atoms with Crippen molar-refractivity contribution in [2.45, 2.75) is 82.1 Å². The topological polar surface area (TPSA) is 156 Å².